The number of halogens is 1. The second kappa shape index (κ2) is 8.08. The van der Waals surface area contributed by atoms with Crippen molar-refractivity contribution < 1.29 is 9.18 Å². The Morgan fingerprint density at radius 1 is 1.20 bits per heavy atom. The lowest BCUT2D eigenvalue weighted by Gasteiger charge is -2.37. The highest BCUT2D eigenvalue weighted by Crippen LogP contribution is 2.24. The monoisotopic (exact) mass is 361 g/mol. The Bertz CT molecular complexity index is 696. The molecule has 1 aliphatic heterocycles. The molecule has 0 N–H and O–H groups in total. The minimum atomic E-state index is -0.579. The van der Waals surface area contributed by atoms with E-state index in [4.69, 9.17) is 0 Å². The van der Waals surface area contributed by atoms with E-state index in [0.29, 0.717) is 18.7 Å². The molecule has 134 valence electrons. The van der Waals surface area contributed by atoms with Gasteiger partial charge in [-0.05, 0) is 42.6 Å². The Morgan fingerprint density at radius 3 is 2.52 bits per heavy atom. The van der Waals surface area contributed by atoms with E-state index in [0.717, 1.165) is 19.6 Å². The zero-order chi connectivity index (χ0) is 17.8. The summed E-state index contributed by atoms with van der Waals surface area (Å²) >= 11 is 1.71. The normalized spacial score (nSPS) is 17.0. The van der Waals surface area contributed by atoms with Crippen molar-refractivity contribution in [3.63, 3.8) is 0 Å². The van der Waals surface area contributed by atoms with Gasteiger partial charge in [-0.15, -0.1) is 0 Å². The molecule has 0 aliphatic carbocycles. The van der Waals surface area contributed by atoms with Gasteiger partial charge in [-0.25, -0.2) is 4.39 Å². The summed E-state index contributed by atoms with van der Waals surface area (Å²) in [6.45, 7) is 3.98. The van der Waals surface area contributed by atoms with Crippen molar-refractivity contribution in [3.8, 4) is 0 Å². The van der Waals surface area contributed by atoms with E-state index < -0.39 is 6.04 Å². The van der Waals surface area contributed by atoms with Gasteiger partial charge in [0, 0.05) is 38.3 Å². The number of rotatable bonds is 5. The number of carbonyl (C=O) groups excluding carboxylic acids is 1. The largest absolute Gasteiger partial charge is 0.338 e. The van der Waals surface area contributed by atoms with Crippen LogP contribution < -0.4 is 0 Å². The maximum atomic E-state index is 14.2. The number of benzene rings is 1. The van der Waals surface area contributed by atoms with Crippen molar-refractivity contribution in [1.82, 2.24) is 14.7 Å². The van der Waals surface area contributed by atoms with E-state index in [1.807, 2.05) is 19.0 Å². The number of hydrogen-bond acceptors (Lipinski definition) is 4. The summed E-state index contributed by atoms with van der Waals surface area (Å²) in [5.74, 6) is -0.351. The van der Waals surface area contributed by atoms with E-state index in [9.17, 15) is 9.18 Å². The molecule has 0 radical (unpaired) electrons. The van der Waals surface area contributed by atoms with Gasteiger partial charge in [0.1, 0.15) is 11.9 Å². The van der Waals surface area contributed by atoms with Crippen LogP contribution in [0.2, 0.25) is 0 Å². The first-order valence-electron chi connectivity index (χ1n) is 8.49. The summed E-state index contributed by atoms with van der Waals surface area (Å²) in [6.07, 6.45) is 0. The Kier molecular flexibility index (Phi) is 5.83. The van der Waals surface area contributed by atoms with E-state index in [1.165, 1.54) is 11.6 Å². The highest BCUT2D eigenvalue weighted by atomic mass is 32.1. The van der Waals surface area contributed by atoms with Crippen LogP contribution in [0.3, 0.4) is 0 Å². The molecule has 1 aliphatic rings. The lowest BCUT2D eigenvalue weighted by molar-refractivity contribution is -0.138. The molecule has 1 fully saturated rings. The summed E-state index contributed by atoms with van der Waals surface area (Å²) in [5, 5.41) is 4.25. The molecule has 0 unspecified atom stereocenters. The average Bonchev–Trinajstić information content (AvgIpc) is 3.10. The van der Waals surface area contributed by atoms with Gasteiger partial charge in [0.05, 0.1) is 0 Å². The van der Waals surface area contributed by atoms with Crippen LogP contribution >= 0.6 is 11.3 Å². The van der Waals surface area contributed by atoms with Crippen LogP contribution in [0.15, 0.2) is 41.1 Å². The number of piperazine rings is 1. The molecule has 2 aromatic rings. The van der Waals surface area contributed by atoms with Crippen molar-refractivity contribution >= 4 is 17.2 Å². The highest BCUT2D eigenvalue weighted by Gasteiger charge is 2.31. The van der Waals surface area contributed by atoms with Crippen LogP contribution in [0.25, 0.3) is 0 Å². The Hall–Kier alpha value is -1.76. The SMILES string of the molecule is CN(C)[C@@H](C(=O)N1CCN(Cc2ccsc2)CC1)c1ccccc1F. The Balaban J connectivity index is 1.65. The molecule has 2 heterocycles. The maximum absolute atomic E-state index is 14.2. The first-order chi connectivity index (χ1) is 12.1. The molecule has 0 bridgehead atoms. The second-order valence-corrected chi connectivity index (χ2v) is 7.40. The zero-order valence-electron chi connectivity index (χ0n) is 14.7. The van der Waals surface area contributed by atoms with Crippen LogP contribution in [-0.4, -0.2) is 60.9 Å². The number of nitrogens with zero attached hydrogens (tertiary/aromatic N) is 3. The lowest BCUT2D eigenvalue weighted by Crippen LogP contribution is -2.51. The lowest BCUT2D eigenvalue weighted by atomic mass is 10.0. The van der Waals surface area contributed by atoms with Gasteiger partial charge >= 0.3 is 0 Å². The number of amides is 1. The summed E-state index contributed by atoms with van der Waals surface area (Å²) in [5.41, 5.74) is 1.76. The predicted octanol–water partition coefficient (Wildman–Crippen LogP) is 2.83. The number of thiophene rings is 1. The van der Waals surface area contributed by atoms with Crippen molar-refractivity contribution in [3.05, 3.63) is 58.0 Å². The van der Waals surface area contributed by atoms with Gasteiger partial charge in [-0.1, -0.05) is 18.2 Å². The third-order valence-electron chi connectivity index (χ3n) is 4.62. The third kappa shape index (κ3) is 4.26. The van der Waals surface area contributed by atoms with Crippen LogP contribution in [-0.2, 0) is 11.3 Å². The van der Waals surface area contributed by atoms with Gasteiger partial charge in [0.2, 0.25) is 5.91 Å². The fraction of sp³-hybridized carbons (Fsp3) is 0.421. The van der Waals surface area contributed by atoms with Crippen molar-refractivity contribution in [1.29, 1.82) is 0 Å². The molecule has 1 amide bonds. The second-order valence-electron chi connectivity index (χ2n) is 6.62. The quantitative estimate of drug-likeness (QED) is 0.819. The van der Waals surface area contributed by atoms with Crippen LogP contribution in [0.5, 0.6) is 0 Å². The smallest absolute Gasteiger partial charge is 0.244 e. The number of hydrogen-bond donors (Lipinski definition) is 0. The number of likely N-dealkylation sites (N-methyl/N-ethyl adjacent to an activating group) is 1. The van der Waals surface area contributed by atoms with E-state index in [2.05, 4.69) is 21.7 Å². The maximum Gasteiger partial charge on any atom is 0.244 e. The van der Waals surface area contributed by atoms with Crippen molar-refractivity contribution in [2.24, 2.45) is 0 Å². The topological polar surface area (TPSA) is 26.8 Å². The predicted molar refractivity (Wildman–Crippen MR) is 99.0 cm³/mol. The minimum absolute atomic E-state index is 0.0229. The molecule has 1 aromatic carbocycles. The van der Waals surface area contributed by atoms with Gasteiger partial charge in [0.25, 0.3) is 0 Å². The van der Waals surface area contributed by atoms with Gasteiger partial charge in [0.15, 0.2) is 0 Å². The minimum Gasteiger partial charge on any atom is -0.338 e. The molecule has 1 aromatic heterocycles. The van der Waals surface area contributed by atoms with E-state index in [1.54, 1.807) is 34.4 Å². The van der Waals surface area contributed by atoms with Crippen molar-refractivity contribution in [2.75, 3.05) is 40.3 Å². The Morgan fingerprint density at radius 2 is 1.92 bits per heavy atom. The fourth-order valence-electron chi connectivity index (χ4n) is 3.27. The van der Waals surface area contributed by atoms with E-state index >= 15 is 0 Å². The molecule has 6 heteroatoms. The summed E-state index contributed by atoms with van der Waals surface area (Å²) < 4.78 is 14.2. The van der Waals surface area contributed by atoms with E-state index in [-0.39, 0.29) is 11.7 Å². The summed E-state index contributed by atoms with van der Waals surface area (Å²) in [7, 11) is 3.64. The van der Waals surface area contributed by atoms with Crippen LogP contribution in [0.4, 0.5) is 4.39 Å². The molecule has 3 rings (SSSR count). The molecule has 1 saturated heterocycles. The van der Waals surface area contributed by atoms with Gasteiger partial charge < -0.3 is 4.90 Å². The summed E-state index contributed by atoms with van der Waals surface area (Å²) in [4.78, 5) is 19.0. The molecular weight excluding hydrogens is 337 g/mol. The summed E-state index contributed by atoms with van der Waals surface area (Å²) in [6, 6.07) is 8.11. The molecule has 4 nitrogen and oxygen atoms in total. The van der Waals surface area contributed by atoms with Gasteiger partial charge in [-0.2, -0.15) is 11.3 Å². The molecular formula is C19H24FN3OS. The first-order valence-corrected chi connectivity index (χ1v) is 9.43. The van der Waals surface area contributed by atoms with Gasteiger partial charge in [-0.3, -0.25) is 14.6 Å². The van der Waals surface area contributed by atoms with Crippen LogP contribution in [0, 0.1) is 5.82 Å². The molecule has 0 spiro atoms. The number of carbonyl (C=O) groups is 1. The Labute approximate surface area is 152 Å². The van der Waals surface area contributed by atoms with Crippen LogP contribution in [0.1, 0.15) is 17.2 Å². The zero-order valence-corrected chi connectivity index (χ0v) is 15.5. The molecule has 0 saturated carbocycles. The van der Waals surface area contributed by atoms with Crippen molar-refractivity contribution in [2.45, 2.75) is 12.6 Å². The first kappa shape index (κ1) is 18.0. The average molecular weight is 361 g/mol. The standard InChI is InChI=1S/C19H24FN3OS/c1-21(2)18(16-5-3-4-6-17(16)20)19(24)23-10-8-22(9-11-23)13-15-7-12-25-14-15/h3-7,12,14,18H,8-11,13H2,1-2H3/t18-/m1/s1. The third-order valence-corrected chi connectivity index (χ3v) is 5.35. The fourth-order valence-corrected chi connectivity index (χ4v) is 3.93. The molecule has 25 heavy (non-hydrogen) atoms. The highest BCUT2D eigenvalue weighted by molar-refractivity contribution is 7.07. The molecule has 1 atom stereocenters.